The van der Waals surface area contributed by atoms with Crippen molar-refractivity contribution in [3.05, 3.63) is 34.9 Å². The first-order valence-corrected chi connectivity index (χ1v) is 6.01. The molecule has 4 nitrogen and oxygen atoms in total. The molecule has 0 fully saturated rings. The molecular weight excluding hydrogens is 238 g/mol. The van der Waals surface area contributed by atoms with E-state index in [2.05, 4.69) is 0 Å². The van der Waals surface area contributed by atoms with Crippen LogP contribution < -0.4 is 0 Å². The SMILES string of the molecule is N#CC(CS(=O)(=O)O)c1ccc(Cl)cc1. The maximum atomic E-state index is 10.6. The summed E-state index contributed by atoms with van der Waals surface area (Å²) in [6.45, 7) is 0. The molecule has 0 radical (unpaired) electrons. The van der Waals surface area contributed by atoms with Crippen molar-refractivity contribution in [2.24, 2.45) is 0 Å². The lowest BCUT2D eigenvalue weighted by molar-refractivity contribution is 0.481. The molecule has 0 amide bonds. The lowest BCUT2D eigenvalue weighted by atomic mass is 10.0. The van der Waals surface area contributed by atoms with Crippen molar-refractivity contribution in [2.45, 2.75) is 5.92 Å². The van der Waals surface area contributed by atoms with Crippen LogP contribution in [0.1, 0.15) is 11.5 Å². The maximum absolute atomic E-state index is 10.6. The molecule has 0 heterocycles. The normalized spacial score (nSPS) is 13.1. The molecule has 0 aromatic heterocycles. The van der Waals surface area contributed by atoms with E-state index in [0.29, 0.717) is 10.6 Å². The monoisotopic (exact) mass is 245 g/mol. The standard InChI is InChI=1S/C9H8ClNO3S/c10-9-3-1-7(2-4-9)8(5-11)6-15(12,13)14/h1-4,8H,6H2,(H,12,13,14). The van der Waals surface area contributed by atoms with Crippen molar-refractivity contribution in [2.75, 3.05) is 5.75 Å². The molecule has 0 aliphatic carbocycles. The van der Waals surface area contributed by atoms with Gasteiger partial charge in [-0.05, 0) is 17.7 Å². The van der Waals surface area contributed by atoms with Crippen LogP contribution in [0.3, 0.4) is 0 Å². The average molecular weight is 246 g/mol. The Morgan fingerprint density at radius 2 is 1.93 bits per heavy atom. The highest BCUT2D eigenvalue weighted by molar-refractivity contribution is 7.85. The van der Waals surface area contributed by atoms with Crippen molar-refractivity contribution in [3.63, 3.8) is 0 Å². The van der Waals surface area contributed by atoms with Gasteiger partial charge in [-0.2, -0.15) is 13.7 Å². The highest BCUT2D eigenvalue weighted by Gasteiger charge is 2.18. The first-order chi connectivity index (χ1) is 6.92. The molecule has 0 saturated heterocycles. The Hall–Kier alpha value is -1.09. The number of benzene rings is 1. The van der Waals surface area contributed by atoms with E-state index in [9.17, 15) is 8.42 Å². The minimum absolute atomic E-state index is 0.502. The molecule has 1 atom stereocenters. The first-order valence-electron chi connectivity index (χ1n) is 4.02. The van der Waals surface area contributed by atoms with Gasteiger partial charge in [-0.3, -0.25) is 4.55 Å². The lowest BCUT2D eigenvalue weighted by Gasteiger charge is -2.06. The molecule has 0 spiro atoms. The highest BCUT2D eigenvalue weighted by Crippen LogP contribution is 2.19. The van der Waals surface area contributed by atoms with Crippen molar-refractivity contribution < 1.29 is 13.0 Å². The zero-order valence-corrected chi connectivity index (χ0v) is 9.16. The van der Waals surface area contributed by atoms with Crippen molar-refractivity contribution >= 4 is 21.7 Å². The summed E-state index contributed by atoms with van der Waals surface area (Å²) in [4.78, 5) is 0. The van der Waals surface area contributed by atoms with Gasteiger partial charge in [0.2, 0.25) is 0 Å². The predicted octanol–water partition coefficient (Wildman–Crippen LogP) is 1.83. The van der Waals surface area contributed by atoms with Gasteiger partial charge in [-0.25, -0.2) is 0 Å². The molecule has 80 valence electrons. The van der Waals surface area contributed by atoms with Crippen LogP contribution in [-0.2, 0) is 10.1 Å². The maximum Gasteiger partial charge on any atom is 0.266 e. The van der Waals surface area contributed by atoms with E-state index >= 15 is 0 Å². The Balaban J connectivity index is 2.95. The van der Waals surface area contributed by atoms with Gasteiger partial charge in [0.15, 0.2) is 0 Å². The van der Waals surface area contributed by atoms with E-state index in [1.807, 2.05) is 6.07 Å². The Labute approximate surface area is 92.9 Å². The summed E-state index contributed by atoms with van der Waals surface area (Å²) in [7, 11) is -4.15. The number of rotatable bonds is 3. The zero-order chi connectivity index (χ0) is 11.5. The number of halogens is 1. The average Bonchev–Trinajstić information content (AvgIpc) is 2.14. The van der Waals surface area contributed by atoms with Gasteiger partial charge in [-0.15, -0.1) is 0 Å². The molecule has 1 unspecified atom stereocenters. The molecule has 1 rings (SSSR count). The van der Waals surface area contributed by atoms with Gasteiger partial charge in [0.1, 0.15) is 0 Å². The van der Waals surface area contributed by atoms with Gasteiger partial charge in [0.25, 0.3) is 10.1 Å². The smallest absolute Gasteiger partial charge is 0.266 e. The van der Waals surface area contributed by atoms with Crippen molar-refractivity contribution in [1.82, 2.24) is 0 Å². The second-order valence-electron chi connectivity index (χ2n) is 2.98. The summed E-state index contributed by atoms with van der Waals surface area (Å²) in [6, 6.07) is 8.05. The van der Waals surface area contributed by atoms with Gasteiger partial charge in [0, 0.05) is 5.02 Å². The fraction of sp³-hybridized carbons (Fsp3) is 0.222. The summed E-state index contributed by atoms with van der Waals surface area (Å²) >= 11 is 5.64. The first kappa shape index (κ1) is 12.0. The summed E-state index contributed by atoms with van der Waals surface area (Å²) in [5.74, 6) is -1.48. The van der Waals surface area contributed by atoms with Gasteiger partial charge in [-0.1, -0.05) is 23.7 Å². The summed E-state index contributed by atoms with van der Waals surface area (Å²) in [6.07, 6.45) is 0. The van der Waals surface area contributed by atoms with Crippen LogP contribution in [0, 0.1) is 11.3 Å². The molecule has 0 aliphatic rings. The van der Waals surface area contributed by atoms with Crippen LogP contribution in [0.25, 0.3) is 0 Å². The predicted molar refractivity (Wildman–Crippen MR) is 56.2 cm³/mol. The lowest BCUT2D eigenvalue weighted by Crippen LogP contribution is -2.12. The van der Waals surface area contributed by atoms with Gasteiger partial charge >= 0.3 is 0 Å². The Morgan fingerprint density at radius 1 is 1.40 bits per heavy atom. The van der Waals surface area contributed by atoms with E-state index in [1.54, 1.807) is 24.3 Å². The molecule has 0 bridgehead atoms. The van der Waals surface area contributed by atoms with Crippen LogP contribution in [0.15, 0.2) is 24.3 Å². The summed E-state index contributed by atoms with van der Waals surface area (Å²) < 4.78 is 29.9. The molecule has 6 heteroatoms. The minimum atomic E-state index is -4.15. The molecule has 1 N–H and O–H groups in total. The molecule has 1 aromatic carbocycles. The van der Waals surface area contributed by atoms with Crippen LogP contribution in [0.5, 0.6) is 0 Å². The van der Waals surface area contributed by atoms with E-state index in [4.69, 9.17) is 21.4 Å². The summed E-state index contributed by atoms with van der Waals surface area (Å²) in [5.41, 5.74) is 0.513. The van der Waals surface area contributed by atoms with E-state index in [-0.39, 0.29) is 0 Å². The molecule has 1 aromatic rings. The zero-order valence-electron chi connectivity index (χ0n) is 7.59. The quantitative estimate of drug-likeness (QED) is 0.824. The van der Waals surface area contributed by atoms with Crippen LogP contribution in [-0.4, -0.2) is 18.7 Å². The number of hydrogen-bond acceptors (Lipinski definition) is 3. The molecule has 0 saturated carbocycles. The number of nitrogens with zero attached hydrogens (tertiary/aromatic N) is 1. The fourth-order valence-electron chi connectivity index (χ4n) is 1.11. The number of nitriles is 1. The Morgan fingerprint density at radius 3 is 2.33 bits per heavy atom. The second kappa shape index (κ2) is 4.62. The second-order valence-corrected chi connectivity index (χ2v) is 4.92. The Kier molecular flexibility index (Phi) is 3.69. The molecule has 15 heavy (non-hydrogen) atoms. The van der Waals surface area contributed by atoms with E-state index in [1.165, 1.54) is 0 Å². The van der Waals surface area contributed by atoms with Crippen molar-refractivity contribution in [3.8, 4) is 6.07 Å². The molecule has 0 aliphatic heterocycles. The van der Waals surface area contributed by atoms with Crippen molar-refractivity contribution in [1.29, 1.82) is 5.26 Å². The minimum Gasteiger partial charge on any atom is -0.285 e. The van der Waals surface area contributed by atoms with Crippen LogP contribution in [0.2, 0.25) is 5.02 Å². The highest BCUT2D eigenvalue weighted by atomic mass is 35.5. The van der Waals surface area contributed by atoms with Gasteiger partial charge in [0.05, 0.1) is 17.7 Å². The van der Waals surface area contributed by atoms with Gasteiger partial charge < -0.3 is 0 Å². The van der Waals surface area contributed by atoms with Crippen LogP contribution in [0.4, 0.5) is 0 Å². The Bertz CT molecular complexity index is 475. The van der Waals surface area contributed by atoms with E-state index < -0.39 is 21.8 Å². The topological polar surface area (TPSA) is 78.2 Å². The molecular formula is C9H8ClNO3S. The number of hydrogen-bond donors (Lipinski definition) is 1. The largest absolute Gasteiger partial charge is 0.285 e. The third kappa shape index (κ3) is 3.88. The third-order valence-corrected chi connectivity index (χ3v) is 2.81. The van der Waals surface area contributed by atoms with Crippen LogP contribution >= 0.6 is 11.6 Å². The third-order valence-electron chi connectivity index (χ3n) is 1.81. The fourth-order valence-corrected chi connectivity index (χ4v) is 1.93. The van der Waals surface area contributed by atoms with E-state index in [0.717, 1.165) is 0 Å². The summed E-state index contributed by atoms with van der Waals surface area (Å²) in [5, 5.41) is 9.26.